The van der Waals surface area contributed by atoms with Gasteiger partial charge in [0.1, 0.15) is 23.0 Å². The van der Waals surface area contributed by atoms with E-state index in [-0.39, 0.29) is 23.0 Å². The molecule has 12 aromatic rings. The van der Waals surface area contributed by atoms with Crippen LogP contribution >= 0.6 is 45.3 Å². The third-order valence-electron chi connectivity index (χ3n) is 24.5. The van der Waals surface area contributed by atoms with E-state index in [1.54, 1.807) is 22.7 Å². The van der Waals surface area contributed by atoms with Crippen LogP contribution in [0.5, 0.6) is 23.0 Å². The monoisotopic (exact) mass is 1650 g/mol. The summed E-state index contributed by atoms with van der Waals surface area (Å²) < 4.78 is 28.9. The van der Waals surface area contributed by atoms with Gasteiger partial charge in [-0.05, 0) is 189 Å². The molecule has 0 radical (unpaired) electrons. The molecule has 0 amide bonds. The van der Waals surface area contributed by atoms with E-state index in [1.165, 1.54) is 103 Å². The number of nitrogens with zero attached hydrogens (tertiary/aromatic N) is 4. The first-order chi connectivity index (χ1) is 59.0. The quantitative estimate of drug-likeness (QED) is 0.0162. The number of Topliss-reactive ketones (excluding diaryl/α,β-unsaturated/α-hetero) is 2. The highest BCUT2D eigenvalue weighted by Crippen LogP contribution is 2.71. The zero-order valence-corrected chi connectivity index (χ0v) is 72.4. The lowest BCUT2D eigenvalue weighted by Crippen LogP contribution is -2.28. The summed E-state index contributed by atoms with van der Waals surface area (Å²) in [5.41, 5.74) is 9.55. The first kappa shape index (κ1) is 82.5. The maximum Gasteiger partial charge on any atom is 0.270 e. The Morgan fingerprint density at radius 2 is 0.633 bits per heavy atom. The third kappa shape index (κ3) is 15.8. The number of rotatable bonds is 38. The van der Waals surface area contributed by atoms with Gasteiger partial charge in [0, 0.05) is 54.3 Å². The van der Waals surface area contributed by atoms with Crippen LogP contribution in [0.1, 0.15) is 268 Å². The lowest BCUT2D eigenvalue weighted by Gasteiger charge is -2.34. The molecule has 10 nitrogen and oxygen atoms in total. The predicted octanol–water partition coefficient (Wildman–Crippen LogP) is 29.9. The fourth-order valence-corrected chi connectivity index (χ4v) is 24.2. The van der Waals surface area contributed by atoms with Crippen LogP contribution in [0.15, 0.2) is 205 Å². The molecular formula is C106H100N4O6S4. The number of thiophene rings is 4. The van der Waals surface area contributed by atoms with Crippen molar-refractivity contribution in [3.05, 3.63) is 304 Å². The summed E-state index contributed by atoms with van der Waals surface area (Å²) in [7, 11) is 0. The van der Waals surface area contributed by atoms with Crippen LogP contribution in [-0.4, -0.2) is 38.0 Å². The van der Waals surface area contributed by atoms with Gasteiger partial charge in [0.25, 0.3) is 11.4 Å². The molecule has 0 unspecified atom stereocenters. The molecule has 16 rings (SSSR count). The van der Waals surface area contributed by atoms with Crippen LogP contribution in [0, 0.1) is 35.8 Å². The van der Waals surface area contributed by atoms with Gasteiger partial charge in [0.05, 0.1) is 91.4 Å². The molecule has 0 atom stereocenters. The molecule has 14 heteroatoms. The maximum absolute atomic E-state index is 15.4. The number of benzene rings is 8. The van der Waals surface area contributed by atoms with Gasteiger partial charge in [-0.2, -0.15) is 0 Å². The Bertz CT molecular complexity index is 5620. The number of hydrogen-bond acceptors (Lipinski definition) is 12. The van der Waals surface area contributed by atoms with Crippen molar-refractivity contribution < 1.29 is 28.5 Å². The third-order valence-corrected chi connectivity index (χ3v) is 29.6. The highest BCUT2D eigenvalue weighted by Gasteiger charge is 2.55. The number of fused-ring (bicyclic) bond motifs is 13. The molecule has 4 aliphatic carbocycles. The van der Waals surface area contributed by atoms with E-state index in [1.807, 2.05) is 108 Å². The minimum atomic E-state index is -1.02. The maximum atomic E-state index is 15.4. The zero-order valence-electron chi connectivity index (χ0n) is 69.1. The number of carbonyl (C=O) groups is 2. The highest BCUT2D eigenvalue weighted by molar-refractivity contribution is 7.34. The van der Waals surface area contributed by atoms with Crippen molar-refractivity contribution >= 4 is 111 Å². The highest BCUT2D eigenvalue weighted by atomic mass is 32.1. The number of ether oxygens (including phenoxy) is 4. The second-order valence-electron chi connectivity index (χ2n) is 32.3. The summed E-state index contributed by atoms with van der Waals surface area (Å²) in [6.07, 6.45) is 31.4. The first-order valence-corrected chi connectivity index (χ1v) is 46.8. The summed E-state index contributed by atoms with van der Waals surface area (Å²) in [6.45, 7) is 28.3. The van der Waals surface area contributed by atoms with E-state index in [2.05, 4.69) is 159 Å². The minimum Gasteiger partial charge on any atom is -0.494 e. The molecule has 0 fully saturated rings. The van der Waals surface area contributed by atoms with Crippen LogP contribution in [0.3, 0.4) is 0 Å². The van der Waals surface area contributed by atoms with Gasteiger partial charge in [0.15, 0.2) is 11.6 Å². The van der Waals surface area contributed by atoms with Gasteiger partial charge in [0.2, 0.25) is 0 Å². The first-order valence-electron chi connectivity index (χ1n) is 43.5. The Balaban J connectivity index is 0.933. The SMILES string of the molecule is [C-]#[N+]C(C#N)=C1/C(=C/c2cc3c(s2)-c2sc4c5c(sc4c2C3(c2ccc(OCCCCCCCC)cc2)c2ccc(OCCCCCCCC)cc2)-c2sc(/C=C3\C(=O)c4cc6ccccc6cc4\C3=C(\C#N)[N+]#[C-])cc2C5(c2ccc(OCCCCCCCC)cc2)c2ccc(OCCCCCCCC)cc2)C(=O)c2cc3ccccc3cc21. The van der Waals surface area contributed by atoms with E-state index in [4.69, 9.17) is 32.1 Å². The van der Waals surface area contributed by atoms with E-state index in [0.29, 0.717) is 71.0 Å². The van der Waals surface area contributed by atoms with Gasteiger partial charge in [-0.15, -0.1) is 45.3 Å². The average molecular weight is 1650 g/mol. The van der Waals surface area contributed by atoms with E-state index >= 15 is 9.59 Å². The number of carbonyl (C=O) groups excluding carboxylic acids is 2. The van der Waals surface area contributed by atoms with Crippen molar-refractivity contribution in [1.82, 2.24) is 0 Å². The Hall–Kier alpha value is -11.2. The summed E-state index contributed by atoms with van der Waals surface area (Å²) in [6, 6.07) is 67.6. The number of unbranched alkanes of at least 4 members (excludes halogenated alkanes) is 20. The predicted molar refractivity (Wildman–Crippen MR) is 496 cm³/mol. The summed E-state index contributed by atoms with van der Waals surface area (Å²) in [5.74, 6) is 2.68. The molecule has 0 spiro atoms. The van der Waals surface area contributed by atoms with Gasteiger partial charge >= 0.3 is 0 Å². The average Bonchev–Trinajstić information content (AvgIpc) is 1.48. The molecule has 4 aliphatic rings. The summed E-state index contributed by atoms with van der Waals surface area (Å²) in [4.78, 5) is 44.3. The second kappa shape index (κ2) is 37.6. The molecule has 4 heterocycles. The van der Waals surface area contributed by atoms with E-state index < -0.39 is 10.8 Å². The number of allylic oxidation sites excluding steroid dienone is 6. The molecule has 0 saturated carbocycles. The fourth-order valence-electron chi connectivity index (χ4n) is 18.5. The summed E-state index contributed by atoms with van der Waals surface area (Å²) in [5, 5.41) is 25.3. The lowest BCUT2D eigenvalue weighted by molar-refractivity contribution is 0.103. The molecule has 0 N–H and O–H groups in total. The van der Waals surface area contributed by atoms with Crippen molar-refractivity contribution in [2.24, 2.45) is 0 Å². The van der Waals surface area contributed by atoms with Crippen molar-refractivity contribution in [3.8, 4) is 54.6 Å². The Labute approximate surface area is 722 Å². The van der Waals surface area contributed by atoms with Crippen LogP contribution in [0.4, 0.5) is 0 Å². The molecule has 0 bridgehead atoms. The van der Waals surface area contributed by atoms with Crippen LogP contribution in [-0.2, 0) is 10.8 Å². The van der Waals surface area contributed by atoms with Crippen molar-refractivity contribution in [2.75, 3.05) is 26.4 Å². The Kier molecular flexibility index (Phi) is 25.9. The van der Waals surface area contributed by atoms with E-state index in [9.17, 15) is 10.5 Å². The van der Waals surface area contributed by atoms with Gasteiger partial charge in [-0.25, -0.2) is 20.2 Å². The van der Waals surface area contributed by atoms with E-state index in [0.717, 1.165) is 179 Å². The molecule has 0 saturated heterocycles. The van der Waals surface area contributed by atoms with Gasteiger partial charge in [-0.1, -0.05) is 253 Å². The lowest BCUT2D eigenvalue weighted by atomic mass is 9.67. The summed E-state index contributed by atoms with van der Waals surface area (Å²) >= 11 is 6.89. The van der Waals surface area contributed by atoms with Gasteiger partial charge < -0.3 is 18.9 Å². The number of nitriles is 2. The van der Waals surface area contributed by atoms with Crippen LogP contribution in [0.2, 0.25) is 0 Å². The molecule has 604 valence electrons. The molecule has 120 heavy (non-hydrogen) atoms. The van der Waals surface area contributed by atoms with Crippen LogP contribution < -0.4 is 18.9 Å². The molecule has 4 aromatic heterocycles. The number of ketones is 2. The Morgan fingerprint density at radius 1 is 0.358 bits per heavy atom. The topological polar surface area (TPSA) is 127 Å². The normalized spacial score (nSPS) is 15.3. The van der Waals surface area contributed by atoms with Crippen molar-refractivity contribution in [3.63, 3.8) is 0 Å². The largest absolute Gasteiger partial charge is 0.494 e. The molecule has 0 aliphatic heterocycles. The molecule has 8 aromatic carbocycles. The number of hydrogen-bond donors (Lipinski definition) is 0. The minimum absolute atomic E-state index is 0.137. The van der Waals surface area contributed by atoms with Gasteiger partial charge in [-0.3, -0.25) is 9.59 Å². The fraction of sp³-hybridized carbons (Fsp3) is 0.321. The standard InChI is InChI=1S/C106H100N4O6S4/c1-7-11-15-19-23-31-55-113-77-47-39-73(40-48-77)105(74-41-49-78(50-42-74)114-56-32-24-20-16-12-8-2)89-65-81(63-87-93(91(67-107)109-5)83-59-69-35-27-29-37-71(69)61-85(83)97(87)111)117-99(89)101-95(105)103-104(119-101)96-102(120-103)100-90(66-82(118-100)64-88-94(92(68-108)110-6)84-60-70-36-28-30-38-72(70)62-86(84)98(88)112)106(96,75-43-51-79(52-44-75)115-57-33-25-21-17-13-9-3)76-45-53-80(54-46-76)116-58-34-26-22-18-14-10-4/h27-30,35-54,59-66H,7-26,31-34,55-58H2,1-4H3/b87-63-,88-64-,93-91+,94-92?. The second-order valence-corrected chi connectivity index (χ2v) is 36.5. The smallest absolute Gasteiger partial charge is 0.270 e. The van der Waals surface area contributed by atoms with Crippen molar-refractivity contribution in [2.45, 2.75) is 193 Å². The Morgan fingerprint density at radius 3 is 0.908 bits per heavy atom. The molecular weight excluding hydrogens is 1550 g/mol. The van der Waals surface area contributed by atoms with Crippen LogP contribution in [0.25, 0.3) is 83.4 Å². The van der Waals surface area contributed by atoms with Crippen molar-refractivity contribution in [1.29, 1.82) is 10.5 Å². The zero-order chi connectivity index (χ0) is 82.7.